The lowest BCUT2D eigenvalue weighted by Crippen LogP contribution is -3.28. The van der Waals surface area contributed by atoms with Gasteiger partial charge in [0.1, 0.15) is 50.0 Å². The SMILES string of the molecule is Cc1cc(C[NH+]2CC[NH+](CC(=O)NCc3ccc(F)cc3)CC2)no1. The van der Waals surface area contributed by atoms with E-state index >= 15 is 0 Å². The molecular weight excluding hydrogens is 323 g/mol. The average Bonchev–Trinajstić information content (AvgIpc) is 3.01. The Morgan fingerprint density at radius 2 is 1.88 bits per heavy atom. The molecule has 0 saturated carbocycles. The van der Waals surface area contributed by atoms with Gasteiger partial charge in [-0.25, -0.2) is 4.39 Å². The molecule has 0 atom stereocenters. The molecule has 0 aliphatic carbocycles. The molecule has 1 aromatic heterocycles. The fourth-order valence-electron chi connectivity index (χ4n) is 3.16. The van der Waals surface area contributed by atoms with E-state index in [1.165, 1.54) is 21.9 Å². The molecule has 3 N–H and O–H groups in total. The number of nitrogens with one attached hydrogen (secondary N) is 3. The maximum absolute atomic E-state index is 12.9. The molecule has 2 heterocycles. The number of carbonyl (C=O) groups is 1. The lowest BCUT2D eigenvalue weighted by atomic mass is 10.2. The van der Waals surface area contributed by atoms with Crippen LogP contribution in [0.1, 0.15) is 17.0 Å². The van der Waals surface area contributed by atoms with Crippen molar-refractivity contribution in [3.63, 3.8) is 0 Å². The summed E-state index contributed by atoms with van der Waals surface area (Å²) in [4.78, 5) is 14.9. The van der Waals surface area contributed by atoms with Gasteiger partial charge in [-0.05, 0) is 24.6 Å². The first-order valence-corrected chi connectivity index (χ1v) is 8.69. The number of hydrogen-bond acceptors (Lipinski definition) is 3. The summed E-state index contributed by atoms with van der Waals surface area (Å²) >= 11 is 0. The first kappa shape index (κ1) is 17.6. The molecule has 1 fully saturated rings. The van der Waals surface area contributed by atoms with E-state index in [2.05, 4.69) is 10.5 Å². The summed E-state index contributed by atoms with van der Waals surface area (Å²) in [6.45, 7) is 7.68. The molecule has 1 aliphatic rings. The van der Waals surface area contributed by atoms with Gasteiger partial charge in [-0.1, -0.05) is 17.3 Å². The predicted molar refractivity (Wildman–Crippen MR) is 89.5 cm³/mol. The average molecular weight is 348 g/mol. The Kier molecular flexibility index (Phi) is 5.78. The largest absolute Gasteiger partial charge is 0.361 e. The Labute approximate surface area is 146 Å². The van der Waals surface area contributed by atoms with E-state index in [9.17, 15) is 9.18 Å². The Bertz CT molecular complexity index is 693. The van der Waals surface area contributed by atoms with Gasteiger partial charge in [0.05, 0.1) is 0 Å². The molecule has 6 nitrogen and oxygen atoms in total. The van der Waals surface area contributed by atoms with E-state index in [0.29, 0.717) is 13.1 Å². The van der Waals surface area contributed by atoms with E-state index in [-0.39, 0.29) is 11.7 Å². The number of piperazine rings is 1. The third kappa shape index (κ3) is 5.37. The minimum Gasteiger partial charge on any atom is -0.361 e. The molecule has 1 amide bonds. The summed E-state index contributed by atoms with van der Waals surface area (Å²) in [5, 5.41) is 6.95. The zero-order chi connectivity index (χ0) is 17.6. The summed E-state index contributed by atoms with van der Waals surface area (Å²) in [6.07, 6.45) is 0. The van der Waals surface area contributed by atoms with Crippen molar-refractivity contribution in [2.24, 2.45) is 0 Å². The van der Waals surface area contributed by atoms with Gasteiger partial charge in [0.25, 0.3) is 5.91 Å². The number of amides is 1. The highest BCUT2D eigenvalue weighted by atomic mass is 19.1. The van der Waals surface area contributed by atoms with Crippen LogP contribution in [0.25, 0.3) is 0 Å². The smallest absolute Gasteiger partial charge is 0.275 e. The van der Waals surface area contributed by atoms with E-state index in [0.717, 1.165) is 49.7 Å². The number of aromatic nitrogens is 1. The Hall–Kier alpha value is -2.25. The molecule has 0 unspecified atom stereocenters. The maximum Gasteiger partial charge on any atom is 0.275 e. The van der Waals surface area contributed by atoms with Crippen LogP contribution in [0.5, 0.6) is 0 Å². The van der Waals surface area contributed by atoms with Crippen molar-refractivity contribution >= 4 is 5.91 Å². The topological polar surface area (TPSA) is 64.0 Å². The Morgan fingerprint density at radius 3 is 2.52 bits per heavy atom. The molecule has 25 heavy (non-hydrogen) atoms. The van der Waals surface area contributed by atoms with Gasteiger partial charge in [-0.15, -0.1) is 0 Å². The number of nitrogens with zero attached hydrogens (tertiary/aromatic N) is 1. The molecule has 0 spiro atoms. The Balaban J connectivity index is 1.36. The van der Waals surface area contributed by atoms with Crippen molar-refractivity contribution in [1.29, 1.82) is 0 Å². The summed E-state index contributed by atoms with van der Waals surface area (Å²) in [5.41, 5.74) is 1.90. The number of halogens is 1. The minimum atomic E-state index is -0.263. The quantitative estimate of drug-likeness (QED) is 0.610. The lowest BCUT2D eigenvalue weighted by Gasteiger charge is -2.28. The van der Waals surface area contributed by atoms with Gasteiger partial charge in [0.2, 0.25) is 0 Å². The zero-order valence-corrected chi connectivity index (χ0v) is 14.5. The summed E-state index contributed by atoms with van der Waals surface area (Å²) in [7, 11) is 0. The van der Waals surface area contributed by atoms with Crippen LogP contribution in [0.2, 0.25) is 0 Å². The van der Waals surface area contributed by atoms with Gasteiger partial charge in [0.15, 0.2) is 6.54 Å². The van der Waals surface area contributed by atoms with Crippen molar-refractivity contribution in [2.45, 2.75) is 20.0 Å². The fraction of sp³-hybridized carbons (Fsp3) is 0.444. The molecular formula is C18H25FN4O2+2. The molecule has 134 valence electrons. The van der Waals surface area contributed by atoms with E-state index < -0.39 is 0 Å². The predicted octanol–water partition coefficient (Wildman–Crippen LogP) is -1.28. The van der Waals surface area contributed by atoms with Crippen LogP contribution in [0.15, 0.2) is 34.9 Å². The van der Waals surface area contributed by atoms with Crippen LogP contribution in [-0.4, -0.2) is 43.8 Å². The summed E-state index contributed by atoms with van der Waals surface area (Å²) < 4.78 is 18.0. The minimum absolute atomic E-state index is 0.0369. The first-order chi connectivity index (χ1) is 12.1. The third-order valence-corrected chi connectivity index (χ3v) is 4.59. The molecule has 3 rings (SSSR count). The molecule has 1 aliphatic heterocycles. The van der Waals surface area contributed by atoms with Gasteiger partial charge >= 0.3 is 0 Å². The normalized spacial score (nSPS) is 20.4. The molecule has 0 bridgehead atoms. The number of hydrogen-bond donors (Lipinski definition) is 3. The van der Waals surface area contributed by atoms with Crippen LogP contribution >= 0.6 is 0 Å². The molecule has 1 aromatic carbocycles. The first-order valence-electron chi connectivity index (χ1n) is 8.69. The lowest BCUT2D eigenvalue weighted by molar-refractivity contribution is -1.02. The highest BCUT2D eigenvalue weighted by Gasteiger charge is 2.25. The summed E-state index contributed by atoms with van der Waals surface area (Å²) in [5.74, 6) is 0.618. The van der Waals surface area contributed by atoms with Crippen LogP contribution in [0, 0.1) is 12.7 Å². The van der Waals surface area contributed by atoms with Crippen LogP contribution < -0.4 is 15.1 Å². The van der Waals surface area contributed by atoms with Crippen molar-refractivity contribution in [3.05, 3.63) is 53.2 Å². The molecule has 0 radical (unpaired) electrons. The second kappa shape index (κ2) is 8.22. The monoisotopic (exact) mass is 348 g/mol. The molecule has 2 aromatic rings. The van der Waals surface area contributed by atoms with Crippen molar-refractivity contribution in [3.8, 4) is 0 Å². The number of rotatable bonds is 6. The van der Waals surface area contributed by atoms with Crippen molar-refractivity contribution in [1.82, 2.24) is 10.5 Å². The number of aryl methyl sites for hydroxylation is 1. The zero-order valence-electron chi connectivity index (χ0n) is 14.5. The van der Waals surface area contributed by atoms with E-state index in [1.54, 1.807) is 12.1 Å². The highest BCUT2D eigenvalue weighted by molar-refractivity contribution is 5.76. The van der Waals surface area contributed by atoms with Crippen LogP contribution in [0.4, 0.5) is 4.39 Å². The van der Waals surface area contributed by atoms with Gasteiger partial charge < -0.3 is 19.6 Å². The Morgan fingerprint density at radius 1 is 1.20 bits per heavy atom. The second-order valence-corrected chi connectivity index (χ2v) is 6.69. The highest BCUT2D eigenvalue weighted by Crippen LogP contribution is 2.01. The van der Waals surface area contributed by atoms with Gasteiger partial charge in [0, 0.05) is 12.6 Å². The number of benzene rings is 1. The van der Waals surface area contributed by atoms with Crippen molar-refractivity contribution < 1.29 is 23.5 Å². The van der Waals surface area contributed by atoms with Crippen molar-refractivity contribution in [2.75, 3.05) is 32.7 Å². The fourth-order valence-corrected chi connectivity index (χ4v) is 3.16. The third-order valence-electron chi connectivity index (χ3n) is 4.59. The van der Waals surface area contributed by atoms with Crippen LogP contribution in [-0.2, 0) is 17.9 Å². The van der Waals surface area contributed by atoms with E-state index in [1.807, 2.05) is 13.0 Å². The number of carbonyl (C=O) groups excluding carboxylic acids is 1. The molecule has 7 heteroatoms. The van der Waals surface area contributed by atoms with Gasteiger partial charge in [-0.3, -0.25) is 4.79 Å². The standard InChI is InChI=1S/C18H23FN4O2/c1-14-10-17(21-25-14)12-22-6-8-23(9-7-22)13-18(24)20-11-15-2-4-16(19)5-3-15/h2-5,10H,6-9,11-13H2,1H3,(H,20,24)/p+2. The van der Waals surface area contributed by atoms with E-state index in [4.69, 9.17) is 4.52 Å². The maximum atomic E-state index is 12.9. The van der Waals surface area contributed by atoms with Gasteiger partial charge in [-0.2, -0.15) is 0 Å². The number of quaternary nitrogens is 2. The second-order valence-electron chi connectivity index (χ2n) is 6.69. The summed E-state index contributed by atoms with van der Waals surface area (Å²) in [6, 6.07) is 8.18. The molecule has 1 saturated heterocycles. The van der Waals surface area contributed by atoms with Crippen LogP contribution in [0.3, 0.4) is 0 Å².